The lowest BCUT2D eigenvalue weighted by Crippen LogP contribution is -2.42. The molecule has 2 fully saturated rings. The van der Waals surface area contributed by atoms with Crippen molar-refractivity contribution in [3.63, 3.8) is 0 Å². The van der Waals surface area contributed by atoms with Gasteiger partial charge >= 0.3 is 0 Å². The molecule has 2 rings (SSSR count). The summed E-state index contributed by atoms with van der Waals surface area (Å²) in [5, 5.41) is 0. The Bertz CT molecular complexity index is 133. The van der Waals surface area contributed by atoms with Gasteiger partial charge in [-0.1, -0.05) is 0 Å². The Morgan fingerprint density at radius 3 is 2.45 bits per heavy atom. The summed E-state index contributed by atoms with van der Waals surface area (Å²) in [7, 11) is 3.31. The number of ether oxygens (including phenoxy) is 4. The van der Waals surface area contributed by atoms with E-state index in [2.05, 4.69) is 0 Å². The first-order valence-corrected chi connectivity index (χ1v) is 3.69. The first kappa shape index (κ1) is 7.49. The SMILES string of the molecule is CO[C@@H]1[C@H]2OC[C@@H](O2)[C@H]1OC. The second-order valence-corrected chi connectivity index (χ2v) is 2.78. The predicted molar refractivity (Wildman–Crippen MR) is 36.2 cm³/mol. The maximum absolute atomic E-state index is 5.41. The molecule has 2 bridgehead atoms. The van der Waals surface area contributed by atoms with Crippen LogP contribution in [0.3, 0.4) is 0 Å². The van der Waals surface area contributed by atoms with Gasteiger partial charge in [-0.3, -0.25) is 0 Å². The van der Waals surface area contributed by atoms with Crippen molar-refractivity contribution in [3.8, 4) is 0 Å². The molecular formula is C7H12O4. The zero-order valence-electron chi connectivity index (χ0n) is 6.65. The standard InChI is InChI=1S/C7H12O4/c1-8-5-4-3-10-7(11-4)6(5)9-2/h4-7H,3H2,1-2H3/t4-,5-,6+,7+/m1/s1. The van der Waals surface area contributed by atoms with Crippen molar-refractivity contribution in [2.24, 2.45) is 0 Å². The largest absolute Gasteiger partial charge is 0.376 e. The summed E-state index contributed by atoms with van der Waals surface area (Å²) in [4.78, 5) is 0. The fourth-order valence-electron chi connectivity index (χ4n) is 1.68. The summed E-state index contributed by atoms with van der Waals surface area (Å²) in [6.07, 6.45) is -0.164. The van der Waals surface area contributed by atoms with Crippen LogP contribution in [0.1, 0.15) is 0 Å². The summed E-state index contributed by atoms with van der Waals surface area (Å²) in [5.41, 5.74) is 0. The molecule has 0 aromatic heterocycles. The quantitative estimate of drug-likeness (QED) is 0.559. The predicted octanol–water partition coefficient (Wildman–Crippen LogP) is -0.229. The van der Waals surface area contributed by atoms with Gasteiger partial charge < -0.3 is 18.9 Å². The third-order valence-corrected chi connectivity index (χ3v) is 2.24. The molecule has 64 valence electrons. The molecule has 0 amide bonds. The van der Waals surface area contributed by atoms with Gasteiger partial charge in [0.1, 0.15) is 18.3 Å². The number of hydrogen-bond donors (Lipinski definition) is 0. The monoisotopic (exact) mass is 160 g/mol. The lowest BCUT2D eigenvalue weighted by Gasteiger charge is -2.24. The Labute approximate surface area is 65.4 Å². The third kappa shape index (κ3) is 0.980. The van der Waals surface area contributed by atoms with Crippen LogP contribution in [0.5, 0.6) is 0 Å². The average molecular weight is 160 g/mol. The zero-order valence-corrected chi connectivity index (χ0v) is 6.65. The van der Waals surface area contributed by atoms with E-state index in [1.54, 1.807) is 14.2 Å². The van der Waals surface area contributed by atoms with Crippen molar-refractivity contribution >= 4 is 0 Å². The van der Waals surface area contributed by atoms with Crippen molar-refractivity contribution in [2.45, 2.75) is 24.6 Å². The van der Waals surface area contributed by atoms with Gasteiger partial charge in [-0.25, -0.2) is 0 Å². The topological polar surface area (TPSA) is 36.9 Å². The van der Waals surface area contributed by atoms with E-state index >= 15 is 0 Å². The van der Waals surface area contributed by atoms with E-state index in [1.807, 2.05) is 0 Å². The summed E-state index contributed by atoms with van der Waals surface area (Å²) in [6, 6.07) is 0. The number of rotatable bonds is 2. The highest BCUT2D eigenvalue weighted by Crippen LogP contribution is 2.32. The molecule has 11 heavy (non-hydrogen) atoms. The van der Waals surface area contributed by atoms with Gasteiger partial charge in [0.05, 0.1) is 6.61 Å². The van der Waals surface area contributed by atoms with Gasteiger partial charge in [0.25, 0.3) is 0 Å². The molecule has 0 aliphatic carbocycles. The molecule has 2 aliphatic rings. The Kier molecular flexibility index (Phi) is 1.85. The zero-order chi connectivity index (χ0) is 7.84. The number of hydrogen-bond acceptors (Lipinski definition) is 4. The Morgan fingerprint density at radius 1 is 1.18 bits per heavy atom. The number of fused-ring (bicyclic) bond motifs is 2. The fourth-order valence-corrected chi connectivity index (χ4v) is 1.68. The lowest BCUT2D eigenvalue weighted by molar-refractivity contribution is -0.132. The molecule has 0 aromatic carbocycles. The molecule has 0 spiro atoms. The average Bonchev–Trinajstić information content (AvgIpc) is 2.60. The van der Waals surface area contributed by atoms with E-state index < -0.39 is 0 Å². The van der Waals surface area contributed by atoms with Crippen molar-refractivity contribution in [1.82, 2.24) is 0 Å². The number of methoxy groups -OCH3 is 2. The smallest absolute Gasteiger partial charge is 0.187 e. The summed E-state index contributed by atoms with van der Waals surface area (Å²) < 4.78 is 21.1. The van der Waals surface area contributed by atoms with Crippen LogP contribution in [0.25, 0.3) is 0 Å². The van der Waals surface area contributed by atoms with Crippen LogP contribution in [0, 0.1) is 0 Å². The minimum atomic E-state index is -0.213. The molecular weight excluding hydrogens is 148 g/mol. The summed E-state index contributed by atoms with van der Waals surface area (Å²) >= 11 is 0. The maximum atomic E-state index is 5.41. The summed E-state index contributed by atoms with van der Waals surface area (Å²) in [5.74, 6) is 0. The Morgan fingerprint density at radius 2 is 1.91 bits per heavy atom. The molecule has 0 unspecified atom stereocenters. The highest BCUT2D eigenvalue weighted by molar-refractivity contribution is 4.93. The Hall–Kier alpha value is -0.160. The van der Waals surface area contributed by atoms with E-state index in [4.69, 9.17) is 18.9 Å². The normalized spacial score (nSPS) is 48.5. The molecule has 4 atom stereocenters. The van der Waals surface area contributed by atoms with Crippen molar-refractivity contribution < 1.29 is 18.9 Å². The Balaban J connectivity index is 2.08. The first-order chi connectivity index (χ1) is 5.36. The van der Waals surface area contributed by atoms with Crippen LogP contribution in [-0.4, -0.2) is 45.4 Å². The third-order valence-electron chi connectivity index (χ3n) is 2.24. The highest BCUT2D eigenvalue weighted by atomic mass is 16.8. The maximum Gasteiger partial charge on any atom is 0.187 e. The van der Waals surface area contributed by atoms with Gasteiger partial charge in [0, 0.05) is 14.2 Å². The van der Waals surface area contributed by atoms with E-state index in [0.29, 0.717) is 6.61 Å². The second kappa shape index (κ2) is 2.71. The van der Waals surface area contributed by atoms with E-state index in [-0.39, 0.29) is 24.6 Å². The molecule has 0 radical (unpaired) electrons. The van der Waals surface area contributed by atoms with Crippen LogP contribution in [-0.2, 0) is 18.9 Å². The van der Waals surface area contributed by atoms with Crippen LogP contribution >= 0.6 is 0 Å². The molecule has 0 aromatic rings. The van der Waals surface area contributed by atoms with Crippen molar-refractivity contribution in [1.29, 1.82) is 0 Å². The van der Waals surface area contributed by atoms with E-state index in [0.717, 1.165) is 0 Å². The molecule has 2 aliphatic heterocycles. The molecule has 2 saturated heterocycles. The van der Waals surface area contributed by atoms with Gasteiger partial charge in [0.15, 0.2) is 6.29 Å². The van der Waals surface area contributed by atoms with Crippen molar-refractivity contribution in [3.05, 3.63) is 0 Å². The van der Waals surface area contributed by atoms with Crippen LogP contribution < -0.4 is 0 Å². The molecule has 2 heterocycles. The first-order valence-electron chi connectivity index (χ1n) is 3.69. The fraction of sp³-hybridized carbons (Fsp3) is 1.00. The lowest BCUT2D eigenvalue weighted by atomic mass is 10.1. The molecule has 4 nitrogen and oxygen atoms in total. The van der Waals surface area contributed by atoms with E-state index in [9.17, 15) is 0 Å². The van der Waals surface area contributed by atoms with E-state index in [1.165, 1.54) is 0 Å². The van der Waals surface area contributed by atoms with Crippen LogP contribution in [0.15, 0.2) is 0 Å². The van der Waals surface area contributed by atoms with Gasteiger partial charge in [-0.2, -0.15) is 0 Å². The van der Waals surface area contributed by atoms with Gasteiger partial charge in [-0.05, 0) is 0 Å². The summed E-state index contributed by atoms with van der Waals surface area (Å²) in [6.45, 7) is 0.628. The molecule has 4 heteroatoms. The van der Waals surface area contributed by atoms with Crippen molar-refractivity contribution in [2.75, 3.05) is 20.8 Å². The molecule has 0 saturated carbocycles. The highest BCUT2D eigenvalue weighted by Gasteiger charge is 2.51. The molecule has 0 N–H and O–H groups in total. The minimum absolute atomic E-state index is 0.0405. The second-order valence-electron chi connectivity index (χ2n) is 2.78. The van der Waals surface area contributed by atoms with Gasteiger partial charge in [-0.15, -0.1) is 0 Å². The minimum Gasteiger partial charge on any atom is -0.376 e. The van der Waals surface area contributed by atoms with Crippen LogP contribution in [0.2, 0.25) is 0 Å². The van der Waals surface area contributed by atoms with Crippen LogP contribution in [0.4, 0.5) is 0 Å². The van der Waals surface area contributed by atoms with Gasteiger partial charge in [0.2, 0.25) is 0 Å².